The van der Waals surface area contributed by atoms with Gasteiger partial charge in [-0.2, -0.15) is 5.10 Å². The largest absolute Gasteiger partial charge is 0.358 e. The van der Waals surface area contributed by atoms with Crippen LogP contribution in [-0.4, -0.2) is 64.5 Å². The van der Waals surface area contributed by atoms with Crippen molar-refractivity contribution in [2.45, 2.75) is 63.8 Å². The van der Waals surface area contributed by atoms with E-state index < -0.39 is 6.36 Å². The number of alkyl halides is 1. The molecule has 9 nitrogen and oxygen atoms in total. The average molecular weight is 575 g/mol. The van der Waals surface area contributed by atoms with Crippen LogP contribution in [0.2, 0.25) is 0 Å². The molecule has 222 valence electrons. The Balaban J connectivity index is 1.17. The number of aryl methyl sites for hydroxylation is 2. The molecule has 42 heavy (non-hydrogen) atoms. The van der Waals surface area contributed by atoms with Gasteiger partial charge in [-0.1, -0.05) is 30.3 Å². The lowest BCUT2D eigenvalue weighted by molar-refractivity contribution is -0.132. The molecule has 0 bridgehead atoms. The number of likely N-dealkylation sites (tertiary alicyclic amines) is 1. The number of methoxy groups -OCH3 is 1. The van der Waals surface area contributed by atoms with Crippen LogP contribution in [0.5, 0.6) is 0 Å². The van der Waals surface area contributed by atoms with Crippen molar-refractivity contribution in [2.75, 3.05) is 25.5 Å². The number of hydrogen-bond donors (Lipinski definition) is 4. The summed E-state index contributed by atoms with van der Waals surface area (Å²) < 4.78 is 18.5. The fourth-order valence-electron chi connectivity index (χ4n) is 5.91. The maximum atomic E-state index is 13.7. The summed E-state index contributed by atoms with van der Waals surface area (Å²) >= 11 is 0. The van der Waals surface area contributed by atoms with Crippen LogP contribution in [0.4, 0.5) is 10.1 Å². The summed E-state index contributed by atoms with van der Waals surface area (Å²) in [6.45, 7) is 3.50. The number of para-hydroxylation sites is 1. The first-order valence-electron chi connectivity index (χ1n) is 14.5. The van der Waals surface area contributed by atoms with E-state index in [2.05, 4.69) is 33.5 Å². The van der Waals surface area contributed by atoms with E-state index in [1.807, 2.05) is 41.3 Å². The second-order valence-electron chi connectivity index (χ2n) is 11.1. The van der Waals surface area contributed by atoms with Crippen LogP contribution >= 0.6 is 0 Å². The highest BCUT2D eigenvalue weighted by molar-refractivity contribution is 6.02. The van der Waals surface area contributed by atoms with Crippen LogP contribution in [-0.2, 0) is 22.4 Å². The number of anilines is 1. The van der Waals surface area contributed by atoms with Crippen molar-refractivity contribution < 1.29 is 18.7 Å². The van der Waals surface area contributed by atoms with Gasteiger partial charge in [0.1, 0.15) is 5.69 Å². The molecule has 1 saturated heterocycles. The molecule has 2 aromatic heterocycles. The van der Waals surface area contributed by atoms with E-state index in [1.54, 1.807) is 12.3 Å². The number of benzene rings is 2. The van der Waals surface area contributed by atoms with Crippen molar-refractivity contribution in [1.29, 1.82) is 0 Å². The van der Waals surface area contributed by atoms with Crippen LogP contribution in [0.15, 0.2) is 54.7 Å². The maximum absolute atomic E-state index is 13.7. The van der Waals surface area contributed by atoms with Crippen LogP contribution in [0, 0.1) is 6.92 Å². The Bertz CT molecular complexity index is 1500. The Morgan fingerprint density at radius 1 is 1.21 bits per heavy atom. The highest BCUT2D eigenvalue weighted by atomic mass is 19.1. The minimum absolute atomic E-state index is 0.0677. The van der Waals surface area contributed by atoms with Gasteiger partial charge >= 0.3 is 0 Å². The molecule has 1 aliphatic heterocycles. The number of halogens is 1. The predicted octanol–water partition coefficient (Wildman–Crippen LogP) is 4.99. The molecule has 4 aromatic rings. The summed E-state index contributed by atoms with van der Waals surface area (Å²) in [5.74, 6) is -0.0133. The van der Waals surface area contributed by atoms with E-state index in [-0.39, 0.29) is 30.2 Å². The molecule has 1 fully saturated rings. The number of piperidine rings is 1. The Morgan fingerprint density at radius 3 is 2.76 bits per heavy atom. The van der Waals surface area contributed by atoms with E-state index in [4.69, 9.17) is 10.5 Å². The van der Waals surface area contributed by atoms with Crippen molar-refractivity contribution in [2.24, 2.45) is 5.73 Å². The van der Waals surface area contributed by atoms with Crippen molar-refractivity contribution in [3.8, 4) is 0 Å². The van der Waals surface area contributed by atoms with E-state index >= 15 is 0 Å². The Hall–Kier alpha value is -4.02. The molecule has 2 aromatic carbocycles. The number of aromatic amines is 2. The number of nitrogens with zero attached hydrogens (tertiary/aromatic N) is 2. The minimum Gasteiger partial charge on any atom is -0.358 e. The van der Waals surface area contributed by atoms with Crippen LogP contribution in [0.3, 0.4) is 0 Å². The van der Waals surface area contributed by atoms with Gasteiger partial charge in [-0.3, -0.25) is 14.7 Å². The van der Waals surface area contributed by atoms with Crippen molar-refractivity contribution in [3.05, 3.63) is 82.8 Å². The van der Waals surface area contributed by atoms with Gasteiger partial charge in [0.25, 0.3) is 5.91 Å². The second-order valence-corrected chi connectivity index (χ2v) is 11.1. The predicted molar refractivity (Wildman–Crippen MR) is 161 cm³/mol. The van der Waals surface area contributed by atoms with E-state index in [1.165, 1.54) is 12.7 Å². The number of carbonyl (C=O) groups excluding carboxylic acids is 2. The Kier molecular flexibility index (Phi) is 9.34. The quantitative estimate of drug-likeness (QED) is 0.201. The zero-order chi connectivity index (χ0) is 29.6. The maximum Gasteiger partial charge on any atom is 0.276 e. The fraction of sp³-hybridized carbons (Fsp3) is 0.406. The molecule has 0 spiro atoms. The molecule has 5 N–H and O–H groups in total. The lowest BCUT2D eigenvalue weighted by Gasteiger charge is -2.33. The summed E-state index contributed by atoms with van der Waals surface area (Å²) in [6, 6.07) is 14.9. The molecule has 0 aliphatic carbocycles. The van der Waals surface area contributed by atoms with Gasteiger partial charge in [0.2, 0.25) is 5.91 Å². The number of H-pyrrole nitrogens is 2. The smallest absolute Gasteiger partial charge is 0.276 e. The average Bonchev–Trinajstić information content (AvgIpc) is 3.66. The van der Waals surface area contributed by atoms with Crippen LogP contribution in [0.1, 0.15) is 64.5 Å². The third-order valence-electron chi connectivity index (χ3n) is 8.18. The molecule has 0 radical (unpaired) electrons. The number of rotatable bonds is 11. The third-order valence-corrected chi connectivity index (χ3v) is 8.18. The second kappa shape index (κ2) is 13.3. The Morgan fingerprint density at radius 2 is 2.02 bits per heavy atom. The lowest BCUT2D eigenvalue weighted by Crippen LogP contribution is -2.42. The fourth-order valence-corrected chi connectivity index (χ4v) is 5.91. The summed E-state index contributed by atoms with van der Waals surface area (Å²) in [5, 5.41) is 10.5. The standard InChI is InChI=1S/C32H39FN6O3/c1-20-26-7-3-5-22(10-13-28(33)42-2)31(26)37-30(20)23-6-4-16-39(19-23)29(40)18-24(34)17-21-8-11-25(12-9-21)36-32(41)27-14-15-35-38-27/h3,5,7-9,11-12,14-15,23-24,28,37H,4,6,10,13,16-19,34H2,1-2H3,(H,35,38)(H,36,41). The first-order chi connectivity index (χ1) is 20.3. The van der Waals surface area contributed by atoms with Gasteiger partial charge in [0.05, 0.1) is 0 Å². The monoisotopic (exact) mass is 574 g/mol. The normalized spacial score (nSPS) is 16.9. The molecule has 3 heterocycles. The van der Waals surface area contributed by atoms with Gasteiger partial charge in [-0.05, 0) is 67.5 Å². The number of ether oxygens (including phenoxy) is 1. The van der Waals surface area contributed by atoms with Crippen LogP contribution in [0.25, 0.3) is 10.9 Å². The van der Waals surface area contributed by atoms with Crippen molar-refractivity contribution in [1.82, 2.24) is 20.1 Å². The molecule has 10 heteroatoms. The minimum atomic E-state index is -1.28. The highest BCUT2D eigenvalue weighted by Crippen LogP contribution is 2.34. The van der Waals surface area contributed by atoms with Crippen LogP contribution < -0.4 is 11.1 Å². The van der Waals surface area contributed by atoms with Gasteiger partial charge in [0.15, 0.2) is 6.36 Å². The number of aromatic nitrogens is 3. The van der Waals surface area contributed by atoms with Gasteiger partial charge in [0, 0.05) is 73.5 Å². The highest BCUT2D eigenvalue weighted by Gasteiger charge is 2.28. The molecular formula is C32H39FN6O3. The van der Waals surface area contributed by atoms with E-state index in [0.717, 1.165) is 47.1 Å². The molecule has 5 rings (SSSR count). The number of hydrogen-bond acceptors (Lipinski definition) is 5. The van der Waals surface area contributed by atoms with Crippen molar-refractivity contribution in [3.63, 3.8) is 0 Å². The number of nitrogens with one attached hydrogen (secondary N) is 3. The lowest BCUT2D eigenvalue weighted by atomic mass is 9.91. The number of carbonyl (C=O) groups is 2. The first kappa shape index (κ1) is 29.5. The van der Waals surface area contributed by atoms with Gasteiger partial charge in [-0.25, -0.2) is 4.39 Å². The molecule has 3 atom stereocenters. The summed E-state index contributed by atoms with van der Waals surface area (Å²) in [6.07, 6.45) is 3.96. The topological polar surface area (TPSA) is 129 Å². The van der Waals surface area contributed by atoms with Crippen molar-refractivity contribution >= 4 is 28.4 Å². The molecule has 0 saturated carbocycles. The Labute approximate surface area is 245 Å². The zero-order valence-corrected chi connectivity index (χ0v) is 24.2. The molecule has 3 unspecified atom stereocenters. The summed E-state index contributed by atoms with van der Waals surface area (Å²) in [7, 11) is 1.38. The van der Waals surface area contributed by atoms with Gasteiger partial charge < -0.3 is 25.7 Å². The van der Waals surface area contributed by atoms with Gasteiger partial charge in [-0.15, -0.1) is 0 Å². The molecule has 2 amide bonds. The molecular weight excluding hydrogens is 535 g/mol. The third kappa shape index (κ3) is 6.88. The number of fused-ring (bicyclic) bond motifs is 1. The van der Waals surface area contributed by atoms with E-state index in [9.17, 15) is 14.0 Å². The number of amides is 2. The summed E-state index contributed by atoms with van der Waals surface area (Å²) in [4.78, 5) is 31.1. The zero-order valence-electron chi connectivity index (χ0n) is 24.2. The summed E-state index contributed by atoms with van der Waals surface area (Å²) in [5.41, 5.74) is 12.9. The number of nitrogens with two attached hydrogens (primary N) is 1. The van der Waals surface area contributed by atoms with E-state index in [0.29, 0.717) is 37.2 Å². The SMILES string of the molecule is COC(F)CCc1cccc2c(C)c(C3CCCN(C(=O)CC(N)Cc4ccc(NC(=O)c5cc[nH]n5)cc4)C3)[nH]c12. The molecule has 1 aliphatic rings. The first-order valence-corrected chi connectivity index (χ1v) is 14.5.